The smallest absolute Gasteiger partial charge is 0.357 e. The van der Waals surface area contributed by atoms with E-state index in [0.29, 0.717) is 0 Å². The lowest BCUT2D eigenvalue weighted by atomic mass is 10.1. The summed E-state index contributed by atoms with van der Waals surface area (Å²) in [4.78, 5) is 15.2. The zero-order valence-corrected chi connectivity index (χ0v) is 9.80. The monoisotopic (exact) mass is 264 g/mol. The highest BCUT2D eigenvalue weighted by Crippen LogP contribution is 2.31. The van der Waals surface area contributed by atoms with Crippen molar-refractivity contribution in [3.8, 4) is 0 Å². The van der Waals surface area contributed by atoms with Gasteiger partial charge in [0.25, 0.3) is 6.43 Å². The molecule has 0 atom stereocenters. The van der Waals surface area contributed by atoms with E-state index in [1.165, 1.54) is 0 Å². The van der Waals surface area contributed by atoms with Crippen LogP contribution < -0.4 is 5.73 Å². The maximum atomic E-state index is 12.8. The summed E-state index contributed by atoms with van der Waals surface area (Å²) in [6.07, 6.45) is -1.83. The Labute approximate surface area is 102 Å². The molecule has 0 unspecified atom stereocenters. The Morgan fingerprint density at radius 2 is 2.29 bits per heavy atom. The van der Waals surface area contributed by atoms with E-state index >= 15 is 0 Å². The van der Waals surface area contributed by atoms with Crippen LogP contribution >= 0.6 is 11.6 Å². The van der Waals surface area contributed by atoms with E-state index in [1.807, 2.05) is 0 Å². The molecule has 7 heteroatoms. The van der Waals surface area contributed by atoms with Crippen molar-refractivity contribution in [1.29, 1.82) is 0 Å². The number of nitrogens with two attached hydrogens (primary N) is 1. The van der Waals surface area contributed by atoms with Crippen molar-refractivity contribution in [1.82, 2.24) is 4.98 Å². The van der Waals surface area contributed by atoms with E-state index in [9.17, 15) is 13.6 Å². The van der Waals surface area contributed by atoms with Crippen molar-refractivity contribution in [3.05, 3.63) is 28.0 Å². The summed E-state index contributed by atoms with van der Waals surface area (Å²) in [5.74, 6) is -0.786. The maximum absolute atomic E-state index is 12.8. The van der Waals surface area contributed by atoms with E-state index in [4.69, 9.17) is 22.1 Å². The van der Waals surface area contributed by atoms with E-state index < -0.39 is 18.0 Å². The van der Waals surface area contributed by atoms with Crippen molar-refractivity contribution in [2.24, 2.45) is 5.73 Å². The molecule has 1 aromatic heterocycles. The average molecular weight is 265 g/mol. The van der Waals surface area contributed by atoms with Gasteiger partial charge in [0.15, 0.2) is 5.69 Å². The molecule has 0 radical (unpaired) electrons. The second kappa shape index (κ2) is 5.88. The molecule has 0 saturated heterocycles. The van der Waals surface area contributed by atoms with Crippen LogP contribution in [0, 0.1) is 0 Å². The largest absolute Gasteiger partial charge is 0.461 e. The first kappa shape index (κ1) is 13.8. The first-order valence-corrected chi connectivity index (χ1v) is 5.23. The third-order valence-electron chi connectivity index (χ3n) is 2.07. The lowest BCUT2D eigenvalue weighted by molar-refractivity contribution is 0.0517. The molecule has 1 aromatic rings. The van der Waals surface area contributed by atoms with Crippen LogP contribution in [0.2, 0.25) is 5.02 Å². The predicted octanol–water partition coefficient (Wildman–Crippen LogP) is 2.31. The van der Waals surface area contributed by atoms with Crippen LogP contribution in [0.3, 0.4) is 0 Å². The van der Waals surface area contributed by atoms with Crippen LogP contribution in [-0.4, -0.2) is 17.6 Å². The second-order valence-electron chi connectivity index (χ2n) is 3.07. The summed E-state index contributed by atoms with van der Waals surface area (Å²) >= 11 is 5.61. The minimum absolute atomic E-state index is 0.0778. The van der Waals surface area contributed by atoms with Crippen molar-refractivity contribution < 1.29 is 18.3 Å². The third kappa shape index (κ3) is 2.89. The number of alkyl halides is 2. The average Bonchev–Trinajstić information content (AvgIpc) is 2.27. The third-order valence-corrected chi connectivity index (χ3v) is 2.37. The first-order valence-electron chi connectivity index (χ1n) is 4.85. The minimum atomic E-state index is -2.82. The number of hydrogen-bond donors (Lipinski definition) is 1. The van der Waals surface area contributed by atoms with E-state index in [0.717, 1.165) is 6.20 Å². The van der Waals surface area contributed by atoms with Crippen molar-refractivity contribution >= 4 is 17.6 Å². The quantitative estimate of drug-likeness (QED) is 0.848. The van der Waals surface area contributed by atoms with E-state index in [2.05, 4.69) is 4.98 Å². The summed E-state index contributed by atoms with van der Waals surface area (Å²) in [6, 6.07) is 0. The summed E-state index contributed by atoms with van der Waals surface area (Å²) in [5.41, 5.74) is 4.60. The number of carbonyl (C=O) groups is 1. The molecule has 0 bridgehead atoms. The van der Waals surface area contributed by atoms with Crippen LogP contribution in [0.4, 0.5) is 8.78 Å². The highest BCUT2D eigenvalue weighted by Gasteiger charge is 2.24. The Morgan fingerprint density at radius 3 is 2.76 bits per heavy atom. The fourth-order valence-electron chi connectivity index (χ4n) is 1.36. The summed E-state index contributed by atoms with van der Waals surface area (Å²) < 4.78 is 30.3. The van der Waals surface area contributed by atoms with Crippen LogP contribution in [0.25, 0.3) is 0 Å². The molecular formula is C10H11ClF2N2O2. The van der Waals surface area contributed by atoms with Gasteiger partial charge in [0.1, 0.15) is 0 Å². The number of hydrogen-bond acceptors (Lipinski definition) is 4. The summed E-state index contributed by atoms with van der Waals surface area (Å²) in [6.45, 7) is 1.46. The molecule has 0 fully saturated rings. The molecule has 1 rings (SSSR count). The van der Waals surface area contributed by atoms with Crippen LogP contribution in [-0.2, 0) is 11.3 Å². The number of carbonyl (C=O) groups excluding carboxylic acids is 1. The van der Waals surface area contributed by atoms with Gasteiger partial charge in [-0.1, -0.05) is 11.6 Å². The fraction of sp³-hybridized carbons (Fsp3) is 0.400. The lowest BCUT2D eigenvalue weighted by Crippen LogP contribution is -2.15. The highest BCUT2D eigenvalue weighted by molar-refractivity contribution is 6.31. The number of halogens is 3. The Kier molecular flexibility index (Phi) is 4.77. The molecule has 17 heavy (non-hydrogen) atoms. The van der Waals surface area contributed by atoms with Crippen molar-refractivity contribution in [3.63, 3.8) is 0 Å². The minimum Gasteiger partial charge on any atom is -0.461 e. The van der Waals surface area contributed by atoms with Crippen LogP contribution in [0.5, 0.6) is 0 Å². The number of aromatic nitrogens is 1. The summed E-state index contributed by atoms with van der Waals surface area (Å²) in [7, 11) is 0. The van der Waals surface area contributed by atoms with Crippen LogP contribution in [0.1, 0.15) is 35.0 Å². The van der Waals surface area contributed by atoms with Gasteiger partial charge < -0.3 is 10.5 Å². The molecule has 0 aromatic carbocycles. The molecular weight excluding hydrogens is 254 g/mol. The second-order valence-corrected chi connectivity index (χ2v) is 3.48. The lowest BCUT2D eigenvalue weighted by Gasteiger charge is -2.12. The molecule has 0 aliphatic rings. The van der Waals surface area contributed by atoms with Gasteiger partial charge >= 0.3 is 5.97 Å². The molecule has 0 aliphatic carbocycles. The molecule has 0 amide bonds. The Balaban J connectivity index is 3.32. The fourth-order valence-corrected chi connectivity index (χ4v) is 1.60. The van der Waals surface area contributed by atoms with Crippen molar-refractivity contribution in [2.75, 3.05) is 6.61 Å². The van der Waals surface area contributed by atoms with Crippen molar-refractivity contribution in [2.45, 2.75) is 19.9 Å². The first-order chi connectivity index (χ1) is 8.02. The number of ether oxygens (including phenoxy) is 1. The number of nitrogens with zero attached hydrogens (tertiary/aromatic N) is 1. The topological polar surface area (TPSA) is 65.2 Å². The SMILES string of the molecule is CCOC(=O)c1ncc(Cl)c(C(F)F)c1CN. The van der Waals surface area contributed by atoms with Gasteiger partial charge in [-0.25, -0.2) is 18.6 Å². The zero-order valence-electron chi connectivity index (χ0n) is 9.04. The number of esters is 1. The normalized spacial score (nSPS) is 10.7. The standard InChI is InChI=1S/C10H11ClF2N2O2/c1-2-17-10(16)8-5(3-14)7(9(12)13)6(11)4-15-8/h4,9H,2-3,14H2,1H3. The summed E-state index contributed by atoms with van der Waals surface area (Å²) in [5, 5.41) is -0.214. The van der Waals surface area contributed by atoms with Gasteiger partial charge in [-0.2, -0.15) is 0 Å². The van der Waals surface area contributed by atoms with Gasteiger partial charge in [0.05, 0.1) is 11.6 Å². The van der Waals surface area contributed by atoms with E-state index in [-0.39, 0.29) is 29.4 Å². The molecule has 0 spiro atoms. The molecule has 94 valence electrons. The maximum Gasteiger partial charge on any atom is 0.357 e. The van der Waals surface area contributed by atoms with Gasteiger partial charge in [-0.15, -0.1) is 0 Å². The van der Waals surface area contributed by atoms with Gasteiger partial charge in [-0.3, -0.25) is 0 Å². The molecule has 2 N–H and O–H groups in total. The molecule has 0 aliphatic heterocycles. The highest BCUT2D eigenvalue weighted by atomic mass is 35.5. The Hall–Kier alpha value is -1.27. The van der Waals surface area contributed by atoms with Gasteiger partial charge in [0, 0.05) is 23.9 Å². The molecule has 0 saturated carbocycles. The molecule has 4 nitrogen and oxygen atoms in total. The zero-order chi connectivity index (χ0) is 13.0. The molecule has 1 heterocycles. The Morgan fingerprint density at radius 1 is 1.65 bits per heavy atom. The van der Waals surface area contributed by atoms with Gasteiger partial charge in [0.2, 0.25) is 0 Å². The number of rotatable bonds is 4. The Bertz CT molecular complexity index is 427. The predicted molar refractivity (Wildman–Crippen MR) is 58.1 cm³/mol. The van der Waals surface area contributed by atoms with Gasteiger partial charge in [-0.05, 0) is 6.92 Å². The van der Waals surface area contributed by atoms with E-state index in [1.54, 1.807) is 6.92 Å². The number of pyridine rings is 1. The van der Waals surface area contributed by atoms with Crippen LogP contribution in [0.15, 0.2) is 6.20 Å².